The molecule has 2 aromatic rings. The van der Waals surface area contributed by atoms with Crippen LogP contribution in [0.4, 0.5) is 0 Å². The molecule has 2 rings (SSSR count). The Kier molecular flexibility index (Phi) is 7.41. The largest absolute Gasteiger partial charge is 0.492 e. The zero-order valence-corrected chi connectivity index (χ0v) is 15.7. The molecule has 1 atom stereocenters. The van der Waals surface area contributed by atoms with Gasteiger partial charge in [0, 0.05) is 5.02 Å². The quantitative estimate of drug-likeness (QED) is 0.676. The van der Waals surface area contributed by atoms with Crippen molar-refractivity contribution in [3.05, 3.63) is 58.1 Å². The predicted octanol–water partition coefficient (Wildman–Crippen LogP) is 4.65. The maximum Gasteiger partial charge on any atom is 0.261 e. The van der Waals surface area contributed by atoms with Crippen LogP contribution < -0.4 is 14.8 Å². The van der Waals surface area contributed by atoms with Gasteiger partial charge in [-0.25, -0.2) is 0 Å². The van der Waals surface area contributed by atoms with E-state index in [-0.39, 0.29) is 5.91 Å². The van der Waals surface area contributed by atoms with Crippen LogP contribution in [0.5, 0.6) is 11.5 Å². The third-order valence-corrected chi connectivity index (χ3v) is 4.30. The van der Waals surface area contributed by atoms with Gasteiger partial charge in [0.1, 0.15) is 18.1 Å². The molecule has 0 saturated carbocycles. The first-order valence-corrected chi connectivity index (χ1v) is 8.84. The van der Waals surface area contributed by atoms with E-state index in [0.29, 0.717) is 41.1 Å². The minimum Gasteiger partial charge on any atom is -0.492 e. The van der Waals surface area contributed by atoms with E-state index in [2.05, 4.69) is 5.32 Å². The van der Waals surface area contributed by atoms with Gasteiger partial charge in [0.15, 0.2) is 6.10 Å². The second kappa shape index (κ2) is 9.54. The molecule has 25 heavy (non-hydrogen) atoms. The minimum absolute atomic E-state index is 0.201. The summed E-state index contributed by atoms with van der Waals surface area (Å²) in [4.78, 5) is 12.2. The number of benzene rings is 2. The fourth-order valence-corrected chi connectivity index (χ4v) is 2.49. The number of ether oxygens (including phenoxy) is 2. The van der Waals surface area contributed by atoms with E-state index in [4.69, 9.17) is 32.7 Å². The van der Waals surface area contributed by atoms with Crippen molar-refractivity contribution in [3.8, 4) is 11.5 Å². The number of amides is 1. The summed E-state index contributed by atoms with van der Waals surface area (Å²) in [5, 5.41) is 3.94. The number of hydrogen-bond acceptors (Lipinski definition) is 3. The van der Waals surface area contributed by atoms with E-state index in [1.165, 1.54) is 0 Å². The third-order valence-electron chi connectivity index (χ3n) is 3.58. The Morgan fingerprint density at radius 3 is 2.60 bits per heavy atom. The summed E-state index contributed by atoms with van der Waals surface area (Å²) in [6.07, 6.45) is -0.0698. The van der Waals surface area contributed by atoms with Gasteiger partial charge in [0.05, 0.1) is 11.6 Å². The fourth-order valence-electron chi connectivity index (χ4n) is 2.14. The van der Waals surface area contributed by atoms with Crippen LogP contribution in [0.15, 0.2) is 42.5 Å². The lowest BCUT2D eigenvalue weighted by atomic mass is 10.2. The van der Waals surface area contributed by atoms with Crippen molar-refractivity contribution in [2.24, 2.45) is 0 Å². The van der Waals surface area contributed by atoms with Crippen molar-refractivity contribution in [1.29, 1.82) is 0 Å². The van der Waals surface area contributed by atoms with Crippen LogP contribution in [0.25, 0.3) is 0 Å². The number of rotatable bonds is 8. The van der Waals surface area contributed by atoms with Crippen molar-refractivity contribution in [2.45, 2.75) is 26.4 Å². The summed E-state index contributed by atoms with van der Waals surface area (Å²) in [5.74, 6) is 0.967. The average molecular weight is 382 g/mol. The van der Waals surface area contributed by atoms with Crippen molar-refractivity contribution in [1.82, 2.24) is 5.32 Å². The molecule has 0 aliphatic rings. The Balaban J connectivity index is 1.79. The lowest BCUT2D eigenvalue weighted by Crippen LogP contribution is -2.39. The van der Waals surface area contributed by atoms with E-state index >= 15 is 0 Å². The maximum atomic E-state index is 12.2. The highest BCUT2D eigenvalue weighted by Crippen LogP contribution is 2.25. The monoisotopic (exact) mass is 381 g/mol. The van der Waals surface area contributed by atoms with Gasteiger partial charge in [-0.05, 0) is 43.2 Å². The first-order valence-electron chi connectivity index (χ1n) is 8.09. The normalized spacial score (nSPS) is 11.7. The van der Waals surface area contributed by atoms with E-state index in [9.17, 15) is 4.79 Å². The summed E-state index contributed by atoms with van der Waals surface area (Å²) in [7, 11) is 0. The first-order chi connectivity index (χ1) is 12.0. The molecule has 0 bridgehead atoms. The predicted molar refractivity (Wildman–Crippen MR) is 101 cm³/mol. The molecular weight excluding hydrogens is 361 g/mol. The van der Waals surface area contributed by atoms with E-state index in [1.54, 1.807) is 18.2 Å². The van der Waals surface area contributed by atoms with Gasteiger partial charge < -0.3 is 14.8 Å². The molecule has 0 saturated heterocycles. The molecular formula is C19H21Cl2NO3. The second-order valence-electron chi connectivity index (χ2n) is 5.50. The van der Waals surface area contributed by atoms with Crippen molar-refractivity contribution in [2.75, 3.05) is 13.2 Å². The Morgan fingerprint density at radius 1 is 1.16 bits per heavy atom. The lowest BCUT2D eigenvalue weighted by Gasteiger charge is -2.18. The number of aryl methyl sites for hydroxylation is 1. The molecule has 1 unspecified atom stereocenters. The summed E-state index contributed by atoms with van der Waals surface area (Å²) >= 11 is 12.1. The molecule has 2 aromatic carbocycles. The molecule has 0 heterocycles. The Labute approximate surface area is 158 Å². The SMILES string of the molecule is CCC(Oc1ccccc1Cl)C(=O)NCCOc1ccc(C)c(Cl)c1. The highest BCUT2D eigenvalue weighted by molar-refractivity contribution is 6.32. The molecule has 1 N–H and O–H groups in total. The van der Waals surface area contributed by atoms with E-state index in [1.807, 2.05) is 38.1 Å². The summed E-state index contributed by atoms with van der Waals surface area (Å²) in [6, 6.07) is 12.6. The van der Waals surface area contributed by atoms with E-state index in [0.717, 1.165) is 5.56 Å². The van der Waals surface area contributed by atoms with Gasteiger partial charge in [-0.3, -0.25) is 4.79 Å². The molecule has 0 radical (unpaired) electrons. The Hall–Kier alpha value is -1.91. The molecule has 0 aromatic heterocycles. The fraction of sp³-hybridized carbons (Fsp3) is 0.316. The number of para-hydroxylation sites is 1. The summed E-state index contributed by atoms with van der Waals surface area (Å²) in [5.41, 5.74) is 0.991. The van der Waals surface area contributed by atoms with Crippen LogP contribution in [0.3, 0.4) is 0 Å². The molecule has 4 nitrogen and oxygen atoms in total. The minimum atomic E-state index is -0.603. The highest BCUT2D eigenvalue weighted by Gasteiger charge is 2.18. The number of hydrogen-bond donors (Lipinski definition) is 1. The Morgan fingerprint density at radius 2 is 1.92 bits per heavy atom. The number of nitrogens with one attached hydrogen (secondary N) is 1. The lowest BCUT2D eigenvalue weighted by molar-refractivity contribution is -0.128. The smallest absolute Gasteiger partial charge is 0.261 e. The van der Waals surface area contributed by atoms with Crippen LogP contribution in [0.1, 0.15) is 18.9 Å². The molecule has 0 fully saturated rings. The van der Waals surface area contributed by atoms with Gasteiger partial charge in [0.2, 0.25) is 0 Å². The molecule has 134 valence electrons. The standard InChI is InChI=1S/C19H21Cl2NO3/c1-3-17(25-18-7-5-4-6-15(18)20)19(23)22-10-11-24-14-9-8-13(2)16(21)12-14/h4-9,12,17H,3,10-11H2,1-2H3,(H,22,23). The van der Waals surface area contributed by atoms with Crippen molar-refractivity contribution >= 4 is 29.1 Å². The van der Waals surface area contributed by atoms with Gasteiger partial charge in [0.25, 0.3) is 5.91 Å². The van der Waals surface area contributed by atoms with Crippen LogP contribution >= 0.6 is 23.2 Å². The van der Waals surface area contributed by atoms with Gasteiger partial charge in [-0.2, -0.15) is 0 Å². The molecule has 0 spiro atoms. The molecule has 0 aliphatic heterocycles. The second-order valence-corrected chi connectivity index (χ2v) is 6.31. The number of carbonyl (C=O) groups excluding carboxylic acids is 1. The number of halogens is 2. The third kappa shape index (κ3) is 5.83. The van der Waals surface area contributed by atoms with Crippen LogP contribution in [0, 0.1) is 6.92 Å². The summed E-state index contributed by atoms with van der Waals surface area (Å²) < 4.78 is 11.3. The van der Waals surface area contributed by atoms with Gasteiger partial charge in [-0.15, -0.1) is 0 Å². The van der Waals surface area contributed by atoms with Gasteiger partial charge in [-0.1, -0.05) is 48.3 Å². The topological polar surface area (TPSA) is 47.6 Å². The van der Waals surface area contributed by atoms with Crippen molar-refractivity contribution in [3.63, 3.8) is 0 Å². The highest BCUT2D eigenvalue weighted by atomic mass is 35.5. The zero-order chi connectivity index (χ0) is 18.2. The zero-order valence-electron chi connectivity index (χ0n) is 14.2. The molecule has 6 heteroatoms. The summed E-state index contributed by atoms with van der Waals surface area (Å²) in [6.45, 7) is 4.52. The van der Waals surface area contributed by atoms with Crippen LogP contribution in [0.2, 0.25) is 10.0 Å². The average Bonchev–Trinajstić information content (AvgIpc) is 2.60. The van der Waals surface area contributed by atoms with Crippen LogP contribution in [-0.2, 0) is 4.79 Å². The van der Waals surface area contributed by atoms with E-state index < -0.39 is 6.10 Å². The molecule has 0 aliphatic carbocycles. The first kappa shape index (κ1) is 19.4. The number of carbonyl (C=O) groups is 1. The van der Waals surface area contributed by atoms with Crippen LogP contribution in [-0.4, -0.2) is 25.2 Å². The van der Waals surface area contributed by atoms with Gasteiger partial charge >= 0.3 is 0 Å². The Bertz CT molecular complexity index is 722. The van der Waals surface area contributed by atoms with Crippen molar-refractivity contribution < 1.29 is 14.3 Å². The maximum absolute atomic E-state index is 12.2. The molecule has 1 amide bonds.